The quantitative estimate of drug-likeness (QED) is 0.718. The molecule has 0 aliphatic carbocycles. The maximum absolute atomic E-state index is 12.9. The molecule has 0 spiro atoms. The monoisotopic (exact) mass is 168 g/mol. The van der Waals surface area contributed by atoms with Crippen LogP contribution in [0, 0.1) is 13.8 Å². The number of aliphatic hydroxyl groups excluding tert-OH is 1. The second kappa shape index (κ2) is 3.68. The van der Waals surface area contributed by atoms with Crippen molar-refractivity contribution in [1.82, 2.24) is 0 Å². The Morgan fingerprint density at radius 3 is 2.50 bits per heavy atom. The summed E-state index contributed by atoms with van der Waals surface area (Å²) in [4.78, 5) is 0. The molecule has 0 radical (unpaired) electrons. The van der Waals surface area contributed by atoms with Gasteiger partial charge in [-0.05, 0) is 30.5 Å². The van der Waals surface area contributed by atoms with Gasteiger partial charge < -0.3 is 5.11 Å². The van der Waals surface area contributed by atoms with E-state index in [4.69, 9.17) is 5.11 Å². The number of halogens is 1. The Kier molecular flexibility index (Phi) is 2.82. The van der Waals surface area contributed by atoms with E-state index in [0.717, 1.165) is 11.1 Å². The first-order chi connectivity index (χ1) is 5.65. The van der Waals surface area contributed by atoms with Gasteiger partial charge in [0.1, 0.15) is 6.17 Å². The van der Waals surface area contributed by atoms with Crippen molar-refractivity contribution in [1.29, 1.82) is 0 Å². The van der Waals surface area contributed by atoms with Gasteiger partial charge >= 0.3 is 0 Å². The van der Waals surface area contributed by atoms with Crippen molar-refractivity contribution >= 4 is 0 Å². The zero-order chi connectivity index (χ0) is 9.14. The van der Waals surface area contributed by atoms with Crippen LogP contribution in [0.1, 0.15) is 22.9 Å². The van der Waals surface area contributed by atoms with Gasteiger partial charge in [0.2, 0.25) is 0 Å². The van der Waals surface area contributed by atoms with Crippen molar-refractivity contribution in [2.24, 2.45) is 0 Å². The number of hydrogen-bond donors (Lipinski definition) is 1. The predicted molar refractivity (Wildman–Crippen MR) is 46.9 cm³/mol. The van der Waals surface area contributed by atoms with Crippen molar-refractivity contribution in [3.63, 3.8) is 0 Å². The van der Waals surface area contributed by atoms with Gasteiger partial charge in [-0.2, -0.15) is 0 Å². The Morgan fingerprint density at radius 2 is 2.00 bits per heavy atom. The number of aryl methyl sites for hydroxylation is 2. The molecule has 0 heterocycles. The van der Waals surface area contributed by atoms with E-state index in [1.54, 1.807) is 12.1 Å². The minimum atomic E-state index is -1.25. The van der Waals surface area contributed by atoms with Crippen LogP contribution >= 0.6 is 0 Å². The third-order valence-corrected chi connectivity index (χ3v) is 2.05. The van der Waals surface area contributed by atoms with Crippen molar-refractivity contribution in [3.05, 3.63) is 34.9 Å². The molecule has 1 N–H and O–H groups in total. The van der Waals surface area contributed by atoms with Gasteiger partial charge in [-0.1, -0.05) is 18.2 Å². The van der Waals surface area contributed by atoms with Crippen LogP contribution in [0.3, 0.4) is 0 Å². The molecular formula is C10H13FO. The maximum atomic E-state index is 12.9. The first-order valence-electron chi connectivity index (χ1n) is 3.97. The Labute approximate surface area is 71.9 Å². The second-order valence-electron chi connectivity index (χ2n) is 2.99. The summed E-state index contributed by atoms with van der Waals surface area (Å²) in [5, 5.41) is 8.57. The van der Waals surface area contributed by atoms with Gasteiger partial charge in [-0.25, -0.2) is 4.39 Å². The molecule has 0 fully saturated rings. The smallest absolute Gasteiger partial charge is 0.148 e. The summed E-state index contributed by atoms with van der Waals surface area (Å²) in [5.41, 5.74) is 2.76. The SMILES string of the molecule is Cc1ccc(C(F)CO)cc1C. The van der Waals surface area contributed by atoms with Crippen LogP contribution in [0.25, 0.3) is 0 Å². The molecule has 2 heteroatoms. The minimum absolute atomic E-state index is 0.442. The van der Waals surface area contributed by atoms with Crippen LogP contribution in [-0.4, -0.2) is 11.7 Å². The molecule has 1 rings (SSSR count). The van der Waals surface area contributed by atoms with Crippen LogP contribution in [0.15, 0.2) is 18.2 Å². The topological polar surface area (TPSA) is 20.2 Å². The molecule has 12 heavy (non-hydrogen) atoms. The largest absolute Gasteiger partial charge is 0.393 e. The average molecular weight is 168 g/mol. The highest BCUT2D eigenvalue weighted by Gasteiger charge is 2.07. The third kappa shape index (κ3) is 1.83. The van der Waals surface area contributed by atoms with E-state index in [9.17, 15) is 4.39 Å². The Hall–Kier alpha value is -0.890. The van der Waals surface area contributed by atoms with E-state index in [2.05, 4.69) is 0 Å². The van der Waals surface area contributed by atoms with Crippen LogP contribution in [0.2, 0.25) is 0 Å². The van der Waals surface area contributed by atoms with Crippen LogP contribution in [0.4, 0.5) is 4.39 Å². The number of alkyl halides is 1. The second-order valence-corrected chi connectivity index (χ2v) is 2.99. The summed E-state index contributed by atoms with van der Waals surface area (Å²) in [7, 11) is 0. The fourth-order valence-electron chi connectivity index (χ4n) is 1.06. The Balaban J connectivity index is 2.96. The highest BCUT2D eigenvalue weighted by molar-refractivity contribution is 5.31. The molecule has 1 nitrogen and oxygen atoms in total. The molecule has 1 aromatic rings. The first-order valence-corrected chi connectivity index (χ1v) is 3.97. The van der Waals surface area contributed by atoms with Gasteiger partial charge in [0.15, 0.2) is 0 Å². The predicted octanol–water partition coefficient (Wildman–Crippen LogP) is 2.31. The minimum Gasteiger partial charge on any atom is -0.393 e. The lowest BCUT2D eigenvalue weighted by atomic mass is 10.0. The Bertz CT molecular complexity index is 271. The highest BCUT2D eigenvalue weighted by atomic mass is 19.1. The zero-order valence-electron chi connectivity index (χ0n) is 7.34. The van der Waals surface area contributed by atoms with Gasteiger partial charge in [-0.3, -0.25) is 0 Å². The molecule has 0 aromatic heterocycles. The summed E-state index contributed by atoms with van der Waals surface area (Å²) >= 11 is 0. The molecule has 1 atom stereocenters. The van der Waals surface area contributed by atoms with Crippen molar-refractivity contribution < 1.29 is 9.50 Å². The number of rotatable bonds is 2. The molecule has 0 saturated carbocycles. The molecule has 66 valence electrons. The van der Waals surface area contributed by atoms with Crippen molar-refractivity contribution in [2.75, 3.05) is 6.61 Å². The van der Waals surface area contributed by atoms with Crippen LogP contribution < -0.4 is 0 Å². The highest BCUT2D eigenvalue weighted by Crippen LogP contribution is 2.19. The van der Waals surface area contributed by atoms with E-state index >= 15 is 0 Å². The fourth-order valence-corrected chi connectivity index (χ4v) is 1.06. The third-order valence-electron chi connectivity index (χ3n) is 2.05. The van der Waals surface area contributed by atoms with Crippen molar-refractivity contribution in [3.8, 4) is 0 Å². The molecule has 0 aliphatic rings. The molecule has 0 aliphatic heterocycles. The van der Waals surface area contributed by atoms with E-state index in [1.165, 1.54) is 0 Å². The molecule has 0 saturated heterocycles. The number of aliphatic hydroxyl groups is 1. The lowest BCUT2D eigenvalue weighted by Crippen LogP contribution is -1.97. The fraction of sp³-hybridized carbons (Fsp3) is 0.400. The molecular weight excluding hydrogens is 155 g/mol. The molecule has 0 amide bonds. The lowest BCUT2D eigenvalue weighted by molar-refractivity contribution is 0.180. The summed E-state index contributed by atoms with van der Waals surface area (Å²) in [5.74, 6) is 0. The summed E-state index contributed by atoms with van der Waals surface area (Å²) in [6, 6.07) is 5.35. The van der Waals surface area contributed by atoms with Crippen LogP contribution in [-0.2, 0) is 0 Å². The number of hydrogen-bond acceptors (Lipinski definition) is 1. The van der Waals surface area contributed by atoms with Crippen molar-refractivity contribution in [2.45, 2.75) is 20.0 Å². The zero-order valence-corrected chi connectivity index (χ0v) is 7.34. The Morgan fingerprint density at radius 1 is 1.33 bits per heavy atom. The molecule has 0 bridgehead atoms. The summed E-state index contributed by atoms with van der Waals surface area (Å²) in [6.07, 6.45) is -1.25. The molecule has 1 unspecified atom stereocenters. The lowest BCUT2D eigenvalue weighted by Gasteiger charge is -2.07. The first kappa shape index (κ1) is 9.20. The van der Waals surface area contributed by atoms with E-state index < -0.39 is 12.8 Å². The van der Waals surface area contributed by atoms with Gasteiger partial charge in [0.25, 0.3) is 0 Å². The normalized spacial score (nSPS) is 13.0. The number of benzene rings is 1. The van der Waals surface area contributed by atoms with E-state index in [0.29, 0.717) is 5.56 Å². The maximum Gasteiger partial charge on any atom is 0.148 e. The van der Waals surface area contributed by atoms with Gasteiger partial charge in [0, 0.05) is 0 Å². The summed E-state index contributed by atoms with van der Waals surface area (Å²) < 4.78 is 12.9. The van der Waals surface area contributed by atoms with Gasteiger partial charge in [0.05, 0.1) is 6.61 Å². The van der Waals surface area contributed by atoms with E-state index in [-0.39, 0.29) is 0 Å². The molecule has 1 aromatic carbocycles. The van der Waals surface area contributed by atoms with Gasteiger partial charge in [-0.15, -0.1) is 0 Å². The van der Waals surface area contributed by atoms with E-state index in [1.807, 2.05) is 19.9 Å². The summed E-state index contributed by atoms with van der Waals surface area (Å²) in [6.45, 7) is 3.47. The van der Waals surface area contributed by atoms with Crippen LogP contribution in [0.5, 0.6) is 0 Å². The average Bonchev–Trinajstić information content (AvgIpc) is 2.08. The standard InChI is InChI=1S/C10H13FO/c1-7-3-4-9(5-8(7)2)10(11)6-12/h3-5,10,12H,6H2,1-2H3.